The van der Waals surface area contributed by atoms with Crippen LogP contribution < -0.4 is 5.73 Å². The third-order valence-electron chi connectivity index (χ3n) is 3.94. The first-order valence-electron chi connectivity index (χ1n) is 7.83. The zero-order valence-electron chi connectivity index (χ0n) is 13.8. The van der Waals surface area contributed by atoms with Gasteiger partial charge < -0.3 is 10.7 Å². The number of H-pyrrole nitrogens is 1. The molecule has 1 aromatic carbocycles. The van der Waals surface area contributed by atoms with Crippen molar-refractivity contribution in [2.45, 2.75) is 32.9 Å². The standard InChI is InChI=1S/C17H22Cl2N4O/c1-11(2)16(17(20)24)23(7-6-13-8-21-10-22-13)9-12-4-3-5-14(18)15(12)19/h3-5,8,10-11,16H,6-7,9H2,1-2H3,(H2,20,24)(H,21,22). The van der Waals surface area contributed by atoms with E-state index in [9.17, 15) is 4.79 Å². The number of hydrogen-bond acceptors (Lipinski definition) is 3. The van der Waals surface area contributed by atoms with Gasteiger partial charge in [-0.1, -0.05) is 49.2 Å². The minimum absolute atomic E-state index is 0.0854. The van der Waals surface area contributed by atoms with Gasteiger partial charge >= 0.3 is 0 Å². The molecule has 0 radical (unpaired) electrons. The third-order valence-corrected chi connectivity index (χ3v) is 4.80. The number of imidazole rings is 1. The van der Waals surface area contributed by atoms with Crippen LogP contribution in [0.4, 0.5) is 0 Å². The number of carbonyl (C=O) groups is 1. The van der Waals surface area contributed by atoms with Gasteiger partial charge in [-0.2, -0.15) is 0 Å². The summed E-state index contributed by atoms with van der Waals surface area (Å²) in [5, 5.41) is 1.01. The van der Waals surface area contributed by atoms with Gasteiger partial charge in [0.1, 0.15) is 0 Å². The van der Waals surface area contributed by atoms with Crippen molar-refractivity contribution < 1.29 is 4.79 Å². The lowest BCUT2D eigenvalue weighted by Crippen LogP contribution is -2.48. The first-order valence-corrected chi connectivity index (χ1v) is 8.59. The van der Waals surface area contributed by atoms with Crippen molar-refractivity contribution in [2.24, 2.45) is 11.7 Å². The summed E-state index contributed by atoms with van der Waals surface area (Å²) >= 11 is 12.4. The van der Waals surface area contributed by atoms with Crippen LogP contribution in [0.2, 0.25) is 10.0 Å². The van der Waals surface area contributed by atoms with Crippen LogP contribution >= 0.6 is 23.2 Å². The molecule has 0 aliphatic heterocycles. The first kappa shape index (κ1) is 18.8. The van der Waals surface area contributed by atoms with Crippen molar-refractivity contribution in [3.8, 4) is 0 Å². The number of nitrogens with two attached hydrogens (primary N) is 1. The Bertz CT molecular complexity index is 673. The van der Waals surface area contributed by atoms with Gasteiger partial charge in [0.2, 0.25) is 5.91 Å². The SMILES string of the molecule is CC(C)C(C(N)=O)N(CCc1cnc[nH]1)Cc1cccc(Cl)c1Cl. The molecule has 0 fully saturated rings. The van der Waals surface area contributed by atoms with Gasteiger partial charge in [-0.15, -0.1) is 0 Å². The van der Waals surface area contributed by atoms with E-state index < -0.39 is 0 Å². The highest BCUT2D eigenvalue weighted by Gasteiger charge is 2.27. The van der Waals surface area contributed by atoms with Gasteiger partial charge in [0.25, 0.3) is 0 Å². The molecule has 1 atom stereocenters. The predicted molar refractivity (Wildman–Crippen MR) is 97.0 cm³/mol. The lowest BCUT2D eigenvalue weighted by Gasteiger charge is -2.32. The summed E-state index contributed by atoms with van der Waals surface area (Å²) in [4.78, 5) is 21.1. The summed E-state index contributed by atoms with van der Waals surface area (Å²) < 4.78 is 0. The fourth-order valence-electron chi connectivity index (χ4n) is 2.82. The maximum atomic E-state index is 12.0. The van der Waals surface area contributed by atoms with Crippen molar-refractivity contribution in [3.63, 3.8) is 0 Å². The Morgan fingerprint density at radius 1 is 1.38 bits per heavy atom. The molecule has 0 aliphatic rings. The number of primary amides is 1. The van der Waals surface area contributed by atoms with E-state index in [2.05, 4.69) is 9.97 Å². The molecule has 0 bridgehead atoms. The van der Waals surface area contributed by atoms with Gasteiger partial charge in [-0.05, 0) is 17.5 Å². The molecule has 0 spiro atoms. The van der Waals surface area contributed by atoms with Gasteiger partial charge in [-0.25, -0.2) is 4.98 Å². The van der Waals surface area contributed by atoms with E-state index in [0.717, 1.165) is 17.7 Å². The van der Waals surface area contributed by atoms with Crippen LogP contribution in [0.3, 0.4) is 0 Å². The smallest absolute Gasteiger partial charge is 0.235 e. The number of halogens is 2. The quantitative estimate of drug-likeness (QED) is 0.750. The van der Waals surface area contributed by atoms with Crippen molar-refractivity contribution >= 4 is 29.1 Å². The lowest BCUT2D eigenvalue weighted by molar-refractivity contribution is -0.125. The molecule has 130 valence electrons. The second-order valence-corrected chi connectivity index (χ2v) is 6.89. The topological polar surface area (TPSA) is 75.0 Å². The van der Waals surface area contributed by atoms with Gasteiger partial charge in [-0.3, -0.25) is 9.69 Å². The molecule has 24 heavy (non-hydrogen) atoms. The molecule has 0 aliphatic carbocycles. The largest absolute Gasteiger partial charge is 0.368 e. The Morgan fingerprint density at radius 2 is 2.12 bits per heavy atom. The summed E-state index contributed by atoms with van der Waals surface area (Å²) in [5.41, 5.74) is 7.53. The zero-order chi connectivity index (χ0) is 17.7. The number of aromatic nitrogens is 2. The highest BCUT2D eigenvalue weighted by atomic mass is 35.5. The molecule has 1 unspecified atom stereocenters. The molecular weight excluding hydrogens is 347 g/mol. The Hall–Kier alpha value is -1.56. The Labute approximate surface area is 152 Å². The summed E-state index contributed by atoms with van der Waals surface area (Å²) in [6.07, 6.45) is 4.15. The first-order chi connectivity index (χ1) is 11.4. The molecule has 2 aromatic rings. The molecule has 5 nitrogen and oxygen atoms in total. The molecule has 0 saturated heterocycles. The maximum Gasteiger partial charge on any atom is 0.235 e. The fraction of sp³-hybridized carbons (Fsp3) is 0.412. The summed E-state index contributed by atoms with van der Waals surface area (Å²) in [7, 11) is 0. The van der Waals surface area contributed by atoms with Crippen molar-refractivity contribution in [2.75, 3.05) is 6.54 Å². The number of nitrogens with zero attached hydrogens (tertiary/aromatic N) is 2. The molecule has 7 heteroatoms. The van der Waals surface area contributed by atoms with E-state index in [1.807, 2.05) is 30.9 Å². The number of hydrogen-bond donors (Lipinski definition) is 2. The third kappa shape index (κ3) is 4.72. The zero-order valence-corrected chi connectivity index (χ0v) is 15.3. The Kier molecular flexibility index (Phi) is 6.66. The average Bonchev–Trinajstić information content (AvgIpc) is 3.02. The van der Waals surface area contributed by atoms with E-state index in [0.29, 0.717) is 23.1 Å². The minimum atomic E-state index is -0.386. The molecule has 3 N–H and O–H groups in total. The van der Waals surface area contributed by atoms with Gasteiger partial charge in [0, 0.05) is 31.4 Å². The molecule has 0 saturated carbocycles. The number of amides is 1. The highest BCUT2D eigenvalue weighted by molar-refractivity contribution is 6.42. The van der Waals surface area contributed by atoms with Crippen molar-refractivity contribution in [1.82, 2.24) is 14.9 Å². The van der Waals surface area contributed by atoms with E-state index >= 15 is 0 Å². The van der Waals surface area contributed by atoms with Crippen molar-refractivity contribution in [1.29, 1.82) is 0 Å². The van der Waals surface area contributed by atoms with Crippen LogP contribution in [-0.4, -0.2) is 33.4 Å². The van der Waals surface area contributed by atoms with E-state index in [1.54, 1.807) is 18.6 Å². The number of benzene rings is 1. The van der Waals surface area contributed by atoms with E-state index in [4.69, 9.17) is 28.9 Å². The van der Waals surface area contributed by atoms with Crippen LogP contribution in [0.25, 0.3) is 0 Å². The van der Waals surface area contributed by atoms with Gasteiger partial charge in [0.05, 0.1) is 22.4 Å². The summed E-state index contributed by atoms with van der Waals surface area (Å²) in [6, 6.07) is 5.13. The number of carbonyl (C=O) groups excluding carboxylic acids is 1. The fourth-order valence-corrected chi connectivity index (χ4v) is 3.20. The molecule has 1 heterocycles. The number of nitrogens with one attached hydrogen (secondary N) is 1. The van der Waals surface area contributed by atoms with Gasteiger partial charge in [0.15, 0.2) is 0 Å². The monoisotopic (exact) mass is 368 g/mol. The number of aromatic amines is 1. The minimum Gasteiger partial charge on any atom is -0.368 e. The van der Waals surface area contributed by atoms with Crippen LogP contribution in [0, 0.1) is 5.92 Å². The van der Waals surface area contributed by atoms with Crippen LogP contribution in [0.5, 0.6) is 0 Å². The maximum absolute atomic E-state index is 12.0. The second kappa shape index (κ2) is 8.51. The summed E-state index contributed by atoms with van der Waals surface area (Å²) in [6.45, 7) is 5.12. The average molecular weight is 369 g/mol. The van der Waals surface area contributed by atoms with Crippen LogP contribution in [-0.2, 0) is 17.8 Å². The number of rotatable bonds is 8. The molecule has 1 amide bonds. The van der Waals surface area contributed by atoms with Crippen LogP contribution in [0.1, 0.15) is 25.1 Å². The van der Waals surface area contributed by atoms with E-state index in [-0.39, 0.29) is 17.9 Å². The van der Waals surface area contributed by atoms with E-state index in [1.165, 1.54) is 0 Å². The highest BCUT2D eigenvalue weighted by Crippen LogP contribution is 2.27. The second-order valence-electron chi connectivity index (χ2n) is 6.10. The predicted octanol–water partition coefficient (Wildman–Crippen LogP) is 3.27. The van der Waals surface area contributed by atoms with Crippen LogP contribution in [0.15, 0.2) is 30.7 Å². The Balaban J connectivity index is 2.23. The van der Waals surface area contributed by atoms with Crippen molar-refractivity contribution in [3.05, 3.63) is 52.0 Å². The summed E-state index contributed by atoms with van der Waals surface area (Å²) in [5.74, 6) is -0.255. The normalized spacial score (nSPS) is 12.8. The molecular formula is C17H22Cl2N4O. The molecule has 2 rings (SSSR count). The molecule has 1 aromatic heterocycles. The lowest BCUT2D eigenvalue weighted by atomic mass is 10.0. The Morgan fingerprint density at radius 3 is 2.71 bits per heavy atom.